The van der Waals surface area contributed by atoms with Crippen molar-refractivity contribution in [3.05, 3.63) is 81.3 Å². The van der Waals surface area contributed by atoms with Crippen LogP contribution >= 0.6 is 0 Å². The van der Waals surface area contributed by atoms with Gasteiger partial charge in [0.05, 0.1) is 19.7 Å². The van der Waals surface area contributed by atoms with Gasteiger partial charge in [0.15, 0.2) is 11.5 Å². The Hall–Kier alpha value is -3.81. The van der Waals surface area contributed by atoms with Crippen molar-refractivity contribution in [3.63, 3.8) is 0 Å². The van der Waals surface area contributed by atoms with Gasteiger partial charge in [-0.1, -0.05) is 30.3 Å². The van der Waals surface area contributed by atoms with Crippen LogP contribution < -0.4 is 20.5 Å². The number of benzene rings is 2. The molecule has 3 rings (SSSR count). The molecule has 0 aliphatic carbocycles. The van der Waals surface area contributed by atoms with Gasteiger partial charge in [-0.05, 0) is 36.2 Å². The summed E-state index contributed by atoms with van der Waals surface area (Å²) in [4.78, 5) is 23.6. The van der Waals surface area contributed by atoms with Crippen LogP contribution in [0.3, 0.4) is 0 Å². The number of rotatable bonds is 8. The van der Waals surface area contributed by atoms with Crippen LogP contribution in [0.25, 0.3) is 0 Å². The van der Waals surface area contributed by atoms with E-state index in [1.54, 1.807) is 32.2 Å². The molecule has 1 aromatic heterocycles. The van der Waals surface area contributed by atoms with Crippen molar-refractivity contribution in [3.8, 4) is 11.5 Å². The summed E-state index contributed by atoms with van der Waals surface area (Å²) in [7, 11) is 1.57. The number of H-pyrrole nitrogens is 2. The highest BCUT2D eigenvalue weighted by molar-refractivity contribution is 5.84. The monoisotopic (exact) mass is 394 g/mol. The van der Waals surface area contributed by atoms with Crippen molar-refractivity contribution in [1.29, 1.82) is 0 Å². The standard InChI is InChI=1S/C21H22N4O4/c1-14-17(21(27)25-23-14)11-20(26)24-22-12-16-8-9-18(28-2)19(10-16)29-13-15-6-4-3-5-7-15/h3-10,12H,11,13H2,1-2H3,(H,24,26)(H2,23,25,27)/b22-12-. The molecule has 150 valence electrons. The fourth-order valence-electron chi connectivity index (χ4n) is 2.69. The summed E-state index contributed by atoms with van der Waals surface area (Å²) in [5.41, 5.74) is 4.89. The van der Waals surface area contributed by atoms with Gasteiger partial charge in [0.2, 0.25) is 5.91 Å². The van der Waals surface area contributed by atoms with Gasteiger partial charge in [0.1, 0.15) is 6.61 Å². The van der Waals surface area contributed by atoms with Crippen molar-refractivity contribution >= 4 is 12.1 Å². The summed E-state index contributed by atoms with van der Waals surface area (Å²) in [6, 6.07) is 15.1. The largest absolute Gasteiger partial charge is 0.493 e. The second kappa shape index (κ2) is 9.41. The minimum absolute atomic E-state index is 0.0595. The lowest BCUT2D eigenvalue weighted by Gasteiger charge is -2.11. The van der Waals surface area contributed by atoms with Gasteiger partial charge < -0.3 is 14.6 Å². The zero-order valence-corrected chi connectivity index (χ0v) is 16.2. The Morgan fingerprint density at radius 1 is 1.14 bits per heavy atom. The highest BCUT2D eigenvalue weighted by atomic mass is 16.5. The summed E-state index contributed by atoms with van der Waals surface area (Å²) >= 11 is 0. The van der Waals surface area contributed by atoms with Gasteiger partial charge in [-0.25, -0.2) is 5.43 Å². The van der Waals surface area contributed by atoms with Gasteiger partial charge in [-0.3, -0.25) is 14.7 Å². The molecule has 0 atom stereocenters. The minimum atomic E-state index is -0.386. The van der Waals surface area contributed by atoms with Gasteiger partial charge in [-0.15, -0.1) is 0 Å². The zero-order chi connectivity index (χ0) is 20.6. The molecule has 3 aromatic rings. The number of aromatic nitrogens is 2. The number of hydrogen-bond donors (Lipinski definition) is 3. The number of hydrogen-bond acceptors (Lipinski definition) is 5. The molecule has 2 aromatic carbocycles. The molecule has 1 amide bonds. The van der Waals surface area contributed by atoms with E-state index in [4.69, 9.17) is 9.47 Å². The molecule has 8 nitrogen and oxygen atoms in total. The SMILES string of the molecule is COc1ccc(/C=N\NC(=O)Cc2c(C)[nH][nH]c2=O)cc1OCc1ccccc1. The summed E-state index contributed by atoms with van der Waals surface area (Å²) in [6.45, 7) is 2.12. The first-order valence-corrected chi connectivity index (χ1v) is 8.99. The van der Waals surface area contributed by atoms with Crippen LogP contribution in [0.4, 0.5) is 0 Å². The van der Waals surface area contributed by atoms with Gasteiger partial charge >= 0.3 is 0 Å². The van der Waals surface area contributed by atoms with E-state index in [-0.39, 0.29) is 17.9 Å². The molecule has 0 bridgehead atoms. The van der Waals surface area contributed by atoms with Crippen LogP contribution in [0.1, 0.15) is 22.4 Å². The number of carbonyl (C=O) groups is 1. The highest BCUT2D eigenvalue weighted by Gasteiger charge is 2.11. The molecule has 0 saturated carbocycles. The van der Waals surface area contributed by atoms with Crippen LogP contribution in [0.15, 0.2) is 58.4 Å². The second-order valence-corrected chi connectivity index (χ2v) is 6.34. The third-order valence-electron chi connectivity index (χ3n) is 4.26. The van der Waals surface area contributed by atoms with Crippen molar-refractivity contribution in [2.24, 2.45) is 5.10 Å². The summed E-state index contributed by atoms with van der Waals surface area (Å²) in [5.74, 6) is 0.786. The maximum atomic E-state index is 12.0. The van der Waals surface area contributed by atoms with E-state index in [2.05, 4.69) is 20.7 Å². The Kier molecular flexibility index (Phi) is 6.47. The Bertz CT molecular complexity index is 1050. The molecule has 0 spiro atoms. The lowest BCUT2D eigenvalue weighted by molar-refractivity contribution is -0.120. The first-order valence-electron chi connectivity index (χ1n) is 8.99. The van der Waals surface area contributed by atoms with E-state index in [0.29, 0.717) is 29.4 Å². The third kappa shape index (κ3) is 5.35. The molecular formula is C21H22N4O4. The van der Waals surface area contributed by atoms with E-state index in [0.717, 1.165) is 11.1 Å². The van der Waals surface area contributed by atoms with Crippen LogP contribution in [-0.2, 0) is 17.8 Å². The van der Waals surface area contributed by atoms with Crippen molar-refractivity contribution in [2.75, 3.05) is 7.11 Å². The number of aryl methyl sites for hydroxylation is 1. The van der Waals surface area contributed by atoms with Crippen molar-refractivity contribution in [1.82, 2.24) is 15.6 Å². The van der Waals surface area contributed by atoms with Crippen LogP contribution in [-0.4, -0.2) is 29.4 Å². The first kappa shape index (κ1) is 19.9. The molecule has 3 N–H and O–H groups in total. The Balaban J connectivity index is 1.62. The van der Waals surface area contributed by atoms with Crippen LogP contribution in [0.2, 0.25) is 0 Å². The number of ether oxygens (including phenoxy) is 2. The molecule has 8 heteroatoms. The van der Waals surface area contributed by atoms with Gasteiger partial charge in [0.25, 0.3) is 5.56 Å². The van der Waals surface area contributed by atoms with Crippen molar-refractivity contribution < 1.29 is 14.3 Å². The molecule has 0 fully saturated rings. The maximum Gasteiger partial charge on any atom is 0.267 e. The number of nitrogens with zero attached hydrogens (tertiary/aromatic N) is 1. The smallest absolute Gasteiger partial charge is 0.267 e. The summed E-state index contributed by atoms with van der Waals surface area (Å²) in [5, 5.41) is 9.08. The minimum Gasteiger partial charge on any atom is -0.493 e. The average molecular weight is 394 g/mol. The quantitative estimate of drug-likeness (QED) is 0.402. The van der Waals surface area contributed by atoms with E-state index < -0.39 is 0 Å². The predicted molar refractivity (Wildman–Crippen MR) is 109 cm³/mol. The number of hydrazone groups is 1. The average Bonchev–Trinajstić information content (AvgIpc) is 3.05. The topological polar surface area (TPSA) is 109 Å². The highest BCUT2D eigenvalue weighted by Crippen LogP contribution is 2.28. The fraction of sp³-hybridized carbons (Fsp3) is 0.190. The molecule has 0 unspecified atom stereocenters. The molecule has 29 heavy (non-hydrogen) atoms. The normalized spacial score (nSPS) is 10.8. The Labute approximate surface area is 167 Å². The Morgan fingerprint density at radius 3 is 2.62 bits per heavy atom. The van der Waals surface area contributed by atoms with E-state index >= 15 is 0 Å². The number of methoxy groups -OCH3 is 1. The van der Waals surface area contributed by atoms with Crippen LogP contribution in [0.5, 0.6) is 11.5 Å². The molecule has 0 radical (unpaired) electrons. The van der Waals surface area contributed by atoms with Crippen molar-refractivity contribution in [2.45, 2.75) is 20.0 Å². The number of aromatic amines is 2. The van der Waals surface area contributed by atoms with E-state index in [1.165, 1.54) is 6.21 Å². The first-order chi connectivity index (χ1) is 14.1. The third-order valence-corrected chi connectivity index (χ3v) is 4.26. The number of amides is 1. The van der Waals surface area contributed by atoms with Gasteiger partial charge in [-0.2, -0.15) is 5.10 Å². The predicted octanol–water partition coefficient (Wildman–Crippen LogP) is 2.29. The van der Waals surface area contributed by atoms with Crippen LogP contribution in [0, 0.1) is 6.92 Å². The molecule has 0 saturated heterocycles. The number of nitrogens with one attached hydrogen (secondary N) is 3. The summed E-state index contributed by atoms with van der Waals surface area (Å²) in [6.07, 6.45) is 1.44. The lowest BCUT2D eigenvalue weighted by atomic mass is 10.2. The molecular weight excluding hydrogens is 372 g/mol. The van der Waals surface area contributed by atoms with E-state index in [1.807, 2.05) is 30.3 Å². The lowest BCUT2D eigenvalue weighted by Crippen LogP contribution is -2.23. The molecule has 0 aliphatic heterocycles. The zero-order valence-electron chi connectivity index (χ0n) is 16.2. The fourth-order valence-corrected chi connectivity index (χ4v) is 2.69. The second-order valence-electron chi connectivity index (χ2n) is 6.34. The Morgan fingerprint density at radius 2 is 1.93 bits per heavy atom. The molecule has 0 aliphatic rings. The number of carbonyl (C=O) groups excluding carboxylic acids is 1. The summed E-state index contributed by atoms with van der Waals surface area (Å²) < 4.78 is 11.2. The van der Waals surface area contributed by atoms with E-state index in [9.17, 15) is 9.59 Å². The molecule has 1 heterocycles. The van der Waals surface area contributed by atoms with Gasteiger partial charge in [0, 0.05) is 11.3 Å². The maximum absolute atomic E-state index is 12.0.